The van der Waals surface area contributed by atoms with Gasteiger partial charge in [-0.05, 0) is 75.2 Å². The van der Waals surface area contributed by atoms with E-state index in [0.717, 1.165) is 22.7 Å². The smallest absolute Gasteiger partial charge is 0.318 e. The number of carbonyl (C=O) groups excluding carboxylic acids is 2. The van der Waals surface area contributed by atoms with Gasteiger partial charge in [0.25, 0.3) is 0 Å². The van der Waals surface area contributed by atoms with Crippen LogP contribution in [-0.2, 0) is 4.79 Å². The SMILES string of the molecule is COc1ccc(-c2cn(-c3ccc(OC)cc3)c(NC(=O)CN(CC(C)C)C(=O)NC(C)(C)C)n2)cc1. The summed E-state index contributed by atoms with van der Waals surface area (Å²) in [6.07, 6.45) is 1.86. The Kier molecular flexibility index (Phi) is 8.81. The predicted molar refractivity (Wildman–Crippen MR) is 145 cm³/mol. The molecule has 0 unspecified atom stereocenters. The van der Waals surface area contributed by atoms with Gasteiger partial charge < -0.3 is 19.7 Å². The second-order valence-electron chi connectivity index (χ2n) is 10.2. The molecular weight excluding hydrogens is 470 g/mol. The van der Waals surface area contributed by atoms with Crippen molar-refractivity contribution < 1.29 is 19.1 Å². The second-order valence-corrected chi connectivity index (χ2v) is 10.2. The molecule has 1 aromatic heterocycles. The van der Waals surface area contributed by atoms with Crippen LogP contribution in [0.1, 0.15) is 34.6 Å². The molecule has 3 aromatic rings. The molecular formula is C28H37N5O4. The molecule has 0 aliphatic rings. The van der Waals surface area contributed by atoms with E-state index in [1.54, 1.807) is 18.8 Å². The van der Waals surface area contributed by atoms with Crippen molar-refractivity contribution in [2.75, 3.05) is 32.6 Å². The molecule has 0 saturated heterocycles. The number of hydrogen-bond acceptors (Lipinski definition) is 5. The minimum absolute atomic E-state index is 0.104. The number of amides is 3. The van der Waals surface area contributed by atoms with Crippen LogP contribution in [0.3, 0.4) is 0 Å². The van der Waals surface area contributed by atoms with Crippen molar-refractivity contribution in [1.29, 1.82) is 0 Å². The summed E-state index contributed by atoms with van der Waals surface area (Å²) in [6.45, 7) is 10.1. The molecule has 0 fully saturated rings. The molecule has 3 amide bonds. The monoisotopic (exact) mass is 507 g/mol. The van der Waals surface area contributed by atoms with E-state index in [1.807, 2.05) is 89.3 Å². The van der Waals surface area contributed by atoms with E-state index in [1.165, 1.54) is 4.90 Å². The average Bonchev–Trinajstić information content (AvgIpc) is 3.25. The van der Waals surface area contributed by atoms with Gasteiger partial charge in [-0.3, -0.25) is 14.7 Å². The number of urea groups is 1. The highest BCUT2D eigenvalue weighted by Gasteiger charge is 2.23. The Morgan fingerprint density at radius 2 is 1.54 bits per heavy atom. The molecule has 3 rings (SSSR count). The van der Waals surface area contributed by atoms with Crippen LogP contribution in [0.25, 0.3) is 16.9 Å². The maximum atomic E-state index is 13.2. The first-order chi connectivity index (χ1) is 17.5. The lowest BCUT2D eigenvalue weighted by atomic mass is 10.1. The van der Waals surface area contributed by atoms with Gasteiger partial charge >= 0.3 is 6.03 Å². The van der Waals surface area contributed by atoms with E-state index >= 15 is 0 Å². The molecule has 37 heavy (non-hydrogen) atoms. The molecule has 0 atom stereocenters. The Morgan fingerprint density at radius 3 is 2.05 bits per heavy atom. The van der Waals surface area contributed by atoms with Crippen LogP contribution >= 0.6 is 0 Å². The van der Waals surface area contributed by atoms with Crippen LogP contribution in [-0.4, -0.2) is 59.2 Å². The number of anilines is 1. The van der Waals surface area contributed by atoms with E-state index in [4.69, 9.17) is 14.5 Å². The maximum Gasteiger partial charge on any atom is 0.318 e. The third-order valence-corrected chi connectivity index (χ3v) is 5.38. The van der Waals surface area contributed by atoms with Crippen LogP contribution in [0.4, 0.5) is 10.7 Å². The second kappa shape index (κ2) is 11.8. The first-order valence-electron chi connectivity index (χ1n) is 12.2. The summed E-state index contributed by atoms with van der Waals surface area (Å²) in [5.41, 5.74) is 1.93. The number of nitrogens with one attached hydrogen (secondary N) is 2. The lowest BCUT2D eigenvalue weighted by Gasteiger charge is -2.29. The number of benzene rings is 2. The van der Waals surface area contributed by atoms with Gasteiger partial charge in [0.15, 0.2) is 0 Å². The first-order valence-corrected chi connectivity index (χ1v) is 12.2. The quantitative estimate of drug-likeness (QED) is 0.427. The standard InChI is InChI=1S/C28H37N5O4/c1-19(2)16-32(27(35)31-28(3,4)5)18-25(34)30-26-29-24(20-8-12-22(36-6)13-9-20)17-33(26)21-10-14-23(37-7)15-11-21/h8-15,17,19H,16,18H2,1-7H3,(H,31,35)(H,29,30,34). The molecule has 2 N–H and O–H groups in total. The van der Waals surface area contributed by atoms with Crippen molar-refractivity contribution >= 4 is 17.9 Å². The van der Waals surface area contributed by atoms with E-state index in [9.17, 15) is 9.59 Å². The number of ether oxygens (including phenoxy) is 2. The van der Waals surface area contributed by atoms with E-state index in [2.05, 4.69) is 10.6 Å². The molecule has 0 saturated carbocycles. The van der Waals surface area contributed by atoms with Crippen molar-refractivity contribution in [3.05, 3.63) is 54.7 Å². The van der Waals surface area contributed by atoms with Crippen LogP contribution in [0.15, 0.2) is 54.7 Å². The number of rotatable bonds is 9. The number of aromatic nitrogens is 2. The van der Waals surface area contributed by atoms with E-state index in [0.29, 0.717) is 18.2 Å². The molecule has 0 aliphatic heterocycles. The fourth-order valence-corrected chi connectivity index (χ4v) is 3.71. The fourth-order valence-electron chi connectivity index (χ4n) is 3.71. The van der Waals surface area contributed by atoms with Gasteiger partial charge in [0, 0.05) is 29.5 Å². The zero-order chi connectivity index (χ0) is 27.2. The molecule has 1 heterocycles. The molecule has 0 aliphatic carbocycles. The zero-order valence-corrected chi connectivity index (χ0v) is 22.7. The predicted octanol–water partition coefficient (Wildman–Crippen LogP) is 4.96. The molecule has 9 nitrogen and oxygen atoms in total. The van der Waals surface area contributed by atoms with Gasteiger partial charge in [-0.1, -0.05) is 13.8 Å². The van der Waals surface area contributed by atoms with E-state index in [-0.39, 0.29) is 24.4 Å². The summed E-state index contributed by atoms with van der Waals surface area (Å²) < 4.78 is 12.3. The van der Waals surface area contributed by atoms with Gasteiger partial charge in [0.2, 0.25) is 11.9 Å². The molecule has 198 valence electrons. The van der Waals surface area contributed by atoms with Crippen molar-refractivity contribution in [2.24, 2.45) is 5.92 Å². The van der Waals surface area contributed by atoms with Gasteiger partial charge in [-0.2, -0.15) is 0 Å². The minimum Gasteiger partial charge on any atom is -0.497 e. The Labute approximate surface area is 218 Å². The third kappa shape index (κ3) is 7.73. The van der Waals surface area contributed by atoms with Gasteiger partial charge in [0.05, 0.1) is 19.9 Å². The fraction of sp³-hybridized carbons (Fsp3) is 0.393. The highest BCUT2D eigenvalue weighted by molar-refractivity contribution is 5.93. The first kappa shape index (κ1) is 27.6. The Balaban J connectivity index is 1.90. The van der Waals surface area contributed by atoms with Crippen molar-refractivity contribution in [1.82, 2.24) is 19.8 Å². The van der Waals surface area contributed by atoms with Crippen molar-refractivity contribution in [3.63, 3.8) is 0 Å². The van der Waals surface area contributed by atoms with Crippen LogP contribution in [0.5, 0.6) is 11.5 Å². The molecule has 2 aromatic carbocycles. The maximum absolute atomic E-state index is 13.2. The largest absolute Gasteiger partial charge is 0.497 e. The normalized spacial score (nSPS) is 11.2. The summed E-state index contributed by atoms with van der Waals surface area (Å²) in [5, 5.41) is 5.85. The van der Waals surface area contributed by atoms with Crippen LogP contribution < -0.4 is 20.1 Å². The van der Waals surface area contributed by atoms with Crippen LogP contribution in [0, 0.1) is 5.92 Å². The van der Waals surface area contributed by atoms with E-state index < -0.39 is 5.54 Å². The summed E-state index contributed by atoms with van der Waals surface area (Å²) in [4.78, 5) is 32.3. The highest BCUT2D eigenvalue weighted by Crippen LogP contribution is 2.27. The molecule has 0 bridgehead atoms. The number of methoxy groups -OCH3 is 2. The number of nitrogens with zero attached hydrogens (tertiary/aromatic N) is 3. The van der Waals surface area contributed by atoms with Gasteiger partial charge in [-0.15, -0.1) is 0 Å². The zero-order valence-electron chi connectivity index (χ0n) is 22.7. The van der Waals surface area contributed by atoms with Gasteiger partial charge in [0.1, 0.15) is 18.0 Å². The summed E-state index contributed by atoms with van der Waals surface area (Å²) in [6, 6.07) is 14.7. The number of carbonyl (C=O) groups is 2. The number of hydrogen-bond donors (Lipinski definition) is 2. The lowest BCUT2D eigenvalue weighted by molar-refractivity contribution is -0.116. The Hall–Kier alpha value is -4.01. The molecule has 9 heteroatoms. The highest BCUT2D eigenvalue weighted by atomic mass is 16.5. The Morgan fingerprint density at radius 1 is 0.973 bits per heavy atom. The minimum atomic E-state index is -0.416. The third-order valence-electron chi connectivity index (χ3n) is 5.38. The van der Waals surface area contributed by atoms with Crippen molar-refractivity contribution in [2.45, 2.75) is 40.2 Å². The summed E-state index contributed by atoms with van der Waals surface area (Å²) >= 11 is 0. The van der Waals surface area contributed by atoms with Crippen molar-refractivity contribution in [3.8, 4) is 28.4 Å². The Bertz CT molecular complexity index is 1190. The average molecular weight is 508 g/mol. The summed E-state index contributed by atoms with van der Waals surface area (Å²) in [7, 11) is 3.23. The molecule has 0 spiro atoms. The van der Waals surface area contributed by atoms with Crippen LogP contribution in [0.2, 0.25) is 0 Å². The topological polar surface area (TPSA) is 97.7 Å². The lowest BCUT2D eigenvalue weighted by Crippen LogP contribution is -2.51. The van der Waals surface area contributed by atoms with Gasteiger partial charge in [-0.25, -0.2) is 9.78 Å². The molecule has 0 radical (unpaired) electrons. The number of imidazole rings is 1. The summed E-state index contributed by atoms with van der Waals surface area (Å²) in [5.74, 6) is 1.67.